The molecule has 0 aliphatic heterocycles. The topological polar surface area (TPSA) is 83.6 Å². The van der Waals surface area contributed by atoms with Crippen LogP contribution < -0.4 is 5.32 Å². The number of hydrogen-bond acceptors (Lipinski definition) is 4. The van der Waals surface area contributed by atoms with E-state index in [1.807, 2.05) is 6.92 Å². The van der Waals surface area contributed by atoms with E-state index in [4.69, 9.17) is 0 Å². The van der Waals surface area contributed by atoms with Crippen LogP contribution in [-0.4, -0.2) is 26.1 Å². The summed E-state index contributed by atoms with van der Waals surface area (Å²) in [6.45, 7) is 2.20. The molecule has 2 N–H and O–H groups in total. The first kappa shape index (κ1) is 10.3. The molecular formula is C10H11N5O. The molecule has 0 saturated carbocycles. The maximum atomic E-state index is 11.6. The smallest absolute Gasteiger partial charge is 0.253 e. The molecule has 16 heavy (non-hydrogen) atoms. The molecule has 0 aliphatic carbocycles. The van der Waals surface area contributed by atoms with Crippen LogP contribution >= 0.6 is 0 Å². The summed E-state index contributed by atoms with van der Waals surface area (Å²) < 4.78 is 0. The molecule has 1 amide bonds. The summed E-state index contributed by atoms with van der Waals surface area (Å²) in [4.78, 5) is 19.6. The van der Waals surface area contributed by atoms with Crippen LogP contribution in [0.1, 0.15) is 21.9 Å². The van der Waals surface area contributed by atoms with Gasteiger partial charge in [-0.3, -0.25) is 14.9 Å². The van der Waals surface area contributed by atoms with E-state index in [-0.39, 0.29) is 5.91 Å². The van der Waals surface area contributed by atoms with Crippen LogP contribution in [0.25, 0.3) is 0 Å². The van der Waals surface area contributed by atoms with Crippen molar-refractivity contribution in [1.29, 1.82) is 0 Å². The fraction of sp³-hybridized carbons (Fsp3) is 0.200. The third-order valence-corrected chi connectivity index (χ3v) is 2.05. The molecule has 0 radical (unpaired) electrons. The van der Waals surface area contributed by atoms with Crippen LogP contribution in [0.3, 0.4) is 0 Å². The molecule has 0 aliphatic rings. The van der Waals surface area contributed by atoms with Crippen LogP contribution in [0.4, 0.5) is 0 Å². The van der Waals surface area contributed by atoms with Crippen molar-refractivity contribution in [2.45, 2.75) is 13.5 Å². The Morgan fingerprint density at radius 2 is 2.31 bits per heavy atom. The van der Waals surface area contributed by atoms with Crippen LogP contribution in [0.2, 0.25) is 0 Å². The van der Waals surface area contributed by atoms with Crippen molar-refractivity contribution in [3.8, 4) is 0 Å². The van der Waals surface area contributed by atoms with Gasteiger partial charge in [0.25, 0.3) is 5.91 Å². The third kappa shape index (κ3) is 2.41. The monoisotopic (exact) mass is 217 g/mol. The van der Waals surface area contributed by atoms with E-state index < -0.39 is 0 Å². The second kappa shape index (κ2) is 4.52. The second-order valence-electron chi connectivity index (χ2n) is 3.30. The van der Waals surface area contributed by atoms with E-state index in [0.717, 1.165) is 5.69 Å². The van der Waals surface area contributed by atoms with Crippen molar-refractivity contribution >= 4 is 5.91 Å². The van der Waals surface area contributed by atoms with Crippen molar-refractivity contribution in [3.63, 3.8) is 0 Å². The maximum absolute atomic E-state index is 11.6. The van der Waals surface area contributed by atoms with E-state index >= 15 is 0 Å². The van der Waals surface area contributed by atoms with Gasteiger partial charge in [0.15, 0.2) is 0 Å². The Labute approximate surface area is 92.1 Å². The van der Waals surface area contributed by atoms with Crippen LogP contribution in [0.5, 0.6) is 0 Å². The molecule has 0 aromatic carbocycles. The van der Waals surface area contributed by atoms with E-state index in [0.29, 0.717) is 17.9 Å². The molecule has 6 heteroatoms. The molecule has 0 fully saturated rings. The van der Waals surface area contributed by atoms with Gasteiger partial charge in [-0.2, -0.15) is 5.10 Å². The zero-order valence-electron chi connectivity index (χ0n) is 8.77. The summed E-state index contributed by atoms with van der Waals surface area (Å²) in [5, 5.41) is 9.05. The van der Waals surface area contributed by atoms with E-state index in [2.05, 4.69) is 25.5 Å². The molecule has 2 rings (SSSR count). The maximum Gasteiger partial charge on any atom is 0.253 e. The zero-order valence-corrected chi connectivity index (χ0v) is 8.77. The van der Waals surface area contributed by atoms with Gasteiger partial charge < -0.3 is 5.32 Å². The molecule has 0 bridgehead atoms. The number of carbonyl (C=O) groups is 1. The molecule has 0 saturated heterocycles. The molecule has 2 heterocycles. The minimum atomic E-state index is -0.177. The number of aromatic nitrogens is 4. The number of aryl methyl sites for hydroxylation is 1. The Balaban J connectivity index is 1.95. The molecule has 2 aromatic heterocycles. The highest BCUT2D eigenvalue weighted by Gasteiger charge is 2.05. The lowest BCUT2D eigenvalue weighted by molar-refractivity contribution is 0.0949. The van der Waals surface area contributed by atoms with Crippen molar-refractivity contribution in [2.75, 3.05) is 0 Å². The van der Waals surface area contributed by atoms with Crippen molar-refractivity contribution in [2.24, 2.45) is 0 Å². The van der Waals surface area contributed by atoms with Gasteiger partial charge in [-0.25, -0.2) is 4.98 Å². The number of rotatable bonds is 3. The van der Waals surface area contributed by atoms with Gasteiger partial charge in [-0.15, -0.1) is 0 Å². The molecule has 0 atom stereocenters. The van der Waals surface area contributed by atoms with Gasteiger partial charge in [0.1, 0.15) is 12.2 Å². The van der Waals surface area contributed by atoms with Crippen LogP contribution in [-0.2, 0) is 6.54 Å². The lowest BCUT2D eigenvalue weighted by atomic mass is 10.2. The molecular weight excluding hydrogens is 206 g/mol. The Morgan fingerprint density at radius 1 is 1.44 bits per heavy atom. The van der Waals surface area contributed by atoms with Gasteiger partial charge in [0.05, 0.1) is 12.1 Å². The summed E-state index contributed by atoms with van der Waals surface area (Å²) >= 11 is 0. The van der Waals surface area contributed by atoms with Crippen LogP contribution in [0.15, 0.2) is 24.7 Å². The highest BCUT2D eigenvalue weighted by Crippen LogP contribution is 1.99. The van der Waals surface area contributed by atoms with Gasteiger partial charge >= 0.3 is 0 Å². The Bertz CT molecular complexity index is 462. The average Bonchev–Trinajstić information content (AvgIpc) is 2.80. The summed E-state index contributed by atoms with van der Waals surface area (Å²) in [5.41, 5.74) is 1.41. The fourth-order valence-electron chi connectivity index (χ4n) is 1.18. The van der Waals surface area contributed by atoms with Gasteiger partial charge in [0.2, 0.25) is 0 Å². The number of carbonyl (C=O) groups excluding carboxylic acids is 1. The zero-order chi connectivity index (χ0) is 11.4. The Morgan fingerprint density at radius 3 is 2.94 bits per heavy atom. The molecule has 6 nitrogen and oxygen atoms in total. The molecule has 2 aromatic rings. The largest absolute Gasteiger partial charge is 0.345 e. The molecule has 0 unspecified atom stereocenters. The number of H-pyrrole nitrogens is 1. The van der Waals surface area contributed by atoms with E-state index in [1.165, 1.54) is 6.33 Å². The first-order valence-electron chi connectivity index (χ1n) is 4.81. The van der Waals surface area contributed by atoms with Crippen molar-refractivity contribution < 1.29 is 4.79 Å². The number of pyridine rings is 1. The highest BCUT2D eigenvalue weighted by molar-refractivity contribution is 5.93. The van der Waals surface area contributed by atoms with Crippen molar-refractivity contribution in [3.05, 3.63) is 41.7 Å². The quantitative estimate of drug-likeness (QED) is 0.781. The number of aromatic amines is 1. The summed E-state index contributed by atoms with van der Waals surface area (Å²) in [6, 6.07) is 3.53. The normalized spacial score (nSPS) is 10.1. The number of nitrogens with one attached hydrogen (secondary N) is 2. The fourth-order valence-corrected chi connectivity index (χ4v) is 1.18. The SMILES string of the molecule is Cc1ccc(C(=O)NCc2ncn[nH]2)cn1. The lowest BCUT2D eigenvalue weighted by Crippen LogP contribution is -2.23. The highest BCUT2D eigenvalue weighted by atomic mass is 16.1. The first-order valence-corrected chi connectivity index (χ1v) is 4.81. The number of hydrogen-bond donors (Lipinski definition) is 2. The minimum absolute atomic E-state index is 0.177. The van der Waals surface area contributed by atoms with Gasteiger partial charge in [-0.1, -0.05) is 0 Å². The van der Waals surface area contributed by atoms with E-state index in [9.17, 15) is 4.79 Å². The predicted molar refractivity (Wildman–Crippen MR) is 56.5 cm³/mol. The Kier molecular flexibility index (Phi) is 2.90. The number of amides is 1. The average molecular weight is 217 g/mol. The molecule has 0 spiro atoms. The van der Waals surface area contributed by atoms with E-state index in [1.54, 1.807) is 18.3 Å². The summed E-state index contributed by atoms with van der Waals surface area (Å²) in [7, 11) is 0. The minimum Gasteiger partial charge on any atom is -0.345 e. The standard InChI is InChI=1S/C10H11N5O/c1-7-2-3-8(4-11-7)10(16)12-5-9-13-6-14-15-9/h2-4,6H,5H2,1H3,(H,12,16)(H,13,14,15). The number of nitrogens with zero attached hydrogens (tertiary/aromatic N) is 3. The predicted octanol–water partition coefficient (Wildman–Crippen LogP) is 0.438. The van der Waals surface area contributed by atoms with Crippen molar-refractivity contribution in [1.82, 2.24) is 25.5 Å². The second-order valence-corrected chi connectivity index (χ2v) is 3.30. The molecule has 82 valence electrons. The third-order valence-electron chi connectivity index (χ3n) is 2.05. The first-order chi connectivity index (χ1) is 7.75. The summed E-state index contributed by atoms with van der Waals surface area (Å²) in [5.74, 6) is 0.442. The summed E-state index contributed by atoms with van der Waals surface area (Å²) in [6.07, 6.45) is 2.94. The van der Waals surface area contributed by atoms with Gasteiger partial charge in [-0.05, 0) is 19.1 Å². The Hall–Kier alpha value is -2.24. The van der Waals surface area contributed by atoms with Crippen LogP contribution in [0, 0.1) is 6.92 Å². The lowest BCUT2D eigenvalue weighted by Gasteiger charge is -2.02. The van der Waals surface area contributed by atoms with Gasteiger partial charge in [0, 0.05) is 11.9 Å².